The van der Waals surface area contributed by atoms with Crippen LogP contribution in [0.15, 0.2) is 11.6 Å². The first-order valence-corrected chi connectivity index (χ1v) is 2.33. The summed E-state index contributed by atoms with van der Waals surface area (Å²) >= 11 is 0. The van der Waals surface area contributed by atoms with Crippen molar-refractivity contribution in [2.45, 2.75) is 20.8 Å². The maximum atomic E-state index is 2.96. The predicted octanol–water partition coefficient (Wildman–Crippen LogP) is 2.13. The van der Waals surface area contributed by atoms with Gasteiger partial charge in [0.25, 0.3) is 0 Å². The van der Waals surface area contributed by atoms with Crippen LogP contribution in [-0.4, -0.2) is 0 Å². The maximum Gasteiger partial charge on any atom is 2.00 e. The Morgan fingerprint density at radius 1 is 1.38 bits per heavy atom. The number of hydrogen-bond acceptors (Lipinski definition) is 0. The molecular weight excluding hydrogens is 268 g/mol. The Kier molecular flexibility index (Phi) is 9.88. The van der Waals surface area contributed by atoms with E-state index in [2.05, 4.69) is 12.2 Å². The molecule has 0 fully saturated rings. The van der Waals surface area contributed by atoms with Gasteiger partial charge < -0.3 is 23.8 Å². The molecular formula is C7H10W. The van der Waals surface area contributed by atoms with Gasteiger partial charge in [0.2, 0.25) is 0 Å². The third-order valence-corrected chi connectivity index (χ3v) is 0.755. The summed E-state index contributed by atoms with van der Waals surface area (Å²) in [4.78, 5) is 0. The van der Waals surface area contributed by atoms with Crippen LogP contribution in [0.4, 0.5) is 0 Å². The molecule has 0 aliphatic rings. The monoisotopic (exact) mass is 278 g/mol. The zero-order valence-electron chi connectivity index (χ0n) is 5.49. The zero-order chi connectivity index (χ0) is 5.70. The summed E-state index contributed by atoms with van der Waals surface area (Å²) < 4.78 is 0. The summed E-state index contributed by atoms with van der Waals surface area (Å²) in [6.45, 7) is 5.76. The summed E-state index contributed by atoms with van der Waals surface area (Å²) in [7, 11) is 0. The molecule has 0 saturated carbocycles. The molecule has 1 heteroatoms. The van der Waals surface area contributed by atoms with Crippen LogP contribution < -0.4 is 0 Å². The van der Waals surface area contributed by atoms with Crippen molar-refractivity contribution in [2.24, 2.45) is 0 Å². The number of allylic oxidation sites excluding steroid dienone is 4. The average molecular weight is 278 g/mol. The maximum absolute atomic E-state index is 2.96. The van der Waals surface area contributed by atoms with Crippen molar-refractivity contribution in [3.8, 4) is 0 Å². The van der Waals surface area contributed by atoms with E-state index in [-0.39, 0.29) is 21.1 Å². The smallest absolute Gasteiger partial charge is 0.388 e. The van der Waals surface area contributed by atoms with E-state index in [1.165, 1.54) is 0 Å². The Labute approximate surface area is 65.9 Å². The quantitative estimate of drug-likeness (QED) is 0.509. The average Bonchev–Trinajstić information content (AvgIpc) is 1.68. The molecule has 8 heavy (non-hydrogen) atoms. The van der Waals surface area contributed by atoms with Crippen LogP contribution in [0.3, 0.4) is 0 Å². The molecule has 0 unspecified atom stereocenters. The van der Waals surface area contributed by atoms with Gasteiger partial charge in [-0.1, -0.05) is 0 Å². The van der Waals surface area contributed by atoms with Gasteiger partial charge in [0.1, 0.15) is 0 Å². The van der Waals surface area contributed by atoms with Crippen LogP contribution in [0.2, 0.25) is 0 Å². The molecule has 0 rings (SSSR count). The SMILES string of the molecule is C[C-]=CC(C)=[C-]C.[W+2]. The molecule has 0 aliphatic heterocycles. The molecule has 0 bridgehead atoms. The Bertz CT molecular complexity index is 90.6. The molecule has 0 aromatic rings. The molecule has 0 spiro atoms. The first kappa shape index (κ1) is 11.0. The van der Waals surface area contributed by atoms with Gasteiger partial charge in [-0.15, -0.1) is 20.8 Å². The first-order valence-electron chi connectivity index (χ1n) is 2.33. The minimum Gasteiger partial charge on any atom is -0.388 e. The van der Waals surface area contributed by atoms with Crippen LogP contribution in [0.5, 0.6) is 0 Å². The van der Waals surface area contributed by atoms with E-state index in [4.69, 9.17) is 0 Å². The fourth-order valence-corrected chi connectivity index (χ4v) is 0.289. The van der Waals surface area contributed by atoms with Crippen molar-refractivity contribution >= 4 is 0 Å². The molecule has 0 N–H and O–H groups in total. The van der Waals surface area contributed by atoms with Crippen LogP contribution in [-0.2, 0) is 21.1 Å². The molecule has 0 nitrogen and oxygen atoms in total. The Morgan fingerprint density at radius 2 is 1.88 bits per heavy atom. The Hall–Kier alpha value is 0.168. The molecule has 0 aromatic heterocycles. The third-order valence-electron chi connectivity index (χ3n) is 0.755. The number of rotatable bonds is 1. The van der Waals surface area contributed by atoms with Gasteiger partial charge in [-0.2, -0.15) is 0 Å². The molecule has 0 aromatic carbocycles. The van der Waals surface area contributed by atoms with Gasteiger partial charge in [-0.25, -0.2) is 0 Å². The van der Waals surface area contributed by atoms with Crippen molar-refractivity contribution in [3.63, 3.8) is 0 Å². The van der Waals surface area contributed by atoms with E-state index in [1.807, 2.05) is 26.8 Å². The van der Waals surface area contributed by atoms with Crippen molar-refractivity contribution in [1.82, 2.24) is 0 Å². The van der Waals surface area contributed by atoms with Crippen LogP contribution in [0, 0.1) is 12.2 Å². The van der Waals surface area contributed by atoms with E-state index in [0.717, 1.165) is 5.57 Å². The van der Waals surface area contributed by atoms with Crippen LogP contribution in [0.25, 0.3) is 0 Å². The Morgan fingerprint density at radius 3 is 2.00 bits per heavy atom. The van der Waals surface area contributed by atoms with Crippen LogP contribution in [0.1, 0.15) is 20.8 Å². The summed E-state index contributed by atoms with van der Waals surface area (Å²) in [5, 5.41) is 0. The van der Waals surface area contributed by atoms with Crippen molar-refractivity contribution in [3.05, 3.63) is 23.8 Å². The Balaban J connectivity index is 0. The fraction of sp³-hybridized carbons (Fsp3) is 0.429. The van der Waals surface area contributed by atoms with Gasteiger partial charge >= 0.3 is 21.1 Å². The number of hydrogen-bond donors (Lipinski definition) is 0. The van der Waals surface area contributed by atoms with E-state index in [1.54, 1.807) is 0 Å². The molecule has 0 heterocycles. The fourth-order valence-electron chi connectivity index (χ4n) is 0.289. The molecule has 0 atom stereocenters. The second kappa shape index (κ2) is 7.17. The van der Waals surface area contributed by atoms with E-state index in [0.29, 0.717) is 0 Å². The van der Waals surface area contributed by atoms with E-state index >= 15 is 0 Å². The van der Waals surface area contributed by atoms with Gasteiger partial charge in [-0.3, -0.25) is 0 Å². The predicted molar refractivity (Wildman–Crippen MR) is 31.6 cm³/mol. The van der Waals surface area contributed by atoms with E-state index < -0.39 is 0 Å². The molecule has 44 valence electrons. The summed E-state index contributed by atoms with van der Waals surface area (Å²) in [6.07, 6.45) is 7.76. The minimum absolute atomic E-state index is 0. The van der Waals surface area contributed by atoms with Gasteiger partial charge in [0.15, 0.2) is 0 Å². The molecule has 0 aliphatic carbocycles. The summed E-state index contributed by atoms with van der Waals surface area (Å²) in [5.74, 6) is 0. The summed E-state index contributed by atoms with van der Waals surface area (Å²) in [6, 6.07) is 0. The van der Waals surface area contributed by atoms with Gasteiger partial charge in [-0.05, 0) is 0 Å². The van der Waals surface area contributed by atoms with Gasteiger partial charge in [0.05, 0.1) is 0 Å². The topological polar surface area (TPSA) is 0 Å². The third kappa shape index (κ3) is 6.17. The van der Waals surface area contributed by atoms with Crippen molar-refractivity contribution in [1.29, 1.82) is 0 Å². The van der Waals surface area contributed by atoms with Crippen LogP contribution >= 0.6 is 0 Å². The van der Waals surface area contributed by atoms with Crippen molar-refractivity contribution in [2.75, 3.05) is 0 Å². The summed E-state index contributed by atoms with van der Waals surface area (Å²) in [5.41, 5.74) is 1.14. The van der Waals surface area contributed by atoms with Crippen molar-refractivity contribution < 1.29 is 21.1 Å². The van der Waals surface area contributed by atoms with E-state index in [9.17, 15) is 0 Å². The molecule has 0 saturated heterocycles. The normalized spacial score (nSPS) is 11.6. The first-order chi connectivity index (χ1) is 3.31. The second-order valence-electron chi connectivity index (χ2n) is 1.37. The molecule has 0 radical (unpaired) electrons. The second-order valence-corrected chi connectivity index (χ2v) is 1.37. The minimum atomic E-state index is 0. The zero-order valence-corrected chi connectivity index (χ0v) is 8.42. The van der Waals surface area contributed by atoms with Gasteiger partial charge in [0, 0.05) is 0 Å². The largest absolute Gasteiger partial charge is 2.00 e. The standard InChI is InChI=1S/C7H10.W/c1-4-6-7(3)5-2;/h6H,1-3H3;/q-2;+2. The molecule has 0 amide bonds.